The molecule has 1 atom stereocenters. The van der Waals surface area contributed by atoms with Crippen molar-refractivity contribution in [3.8, 4) is 0 Å². The number of esters is 1. The van der Waals surface area contributed by atoms with E-state index in [2.05, 4.69) is 4.74 Å². The molecule has 1 heterocycles. The van der Waals surface area contributed by atoms with Crippen LogP contribution < -0.4 is 10.5 Å². The molecule has 15 heavy (non-hydrogen) atoms. The SMILES string of the molecule is [2H]c1cc(C[C@](C)(N)C(=O)OC)cc[n+]1[O-]. The van der Waals surface area contributed by atoms with Gasteiger partial charge in [0.15, 0.2) is 12.4 Å². The van der Waals surface area contributed by atoms with Crippen LogP contribution in [-0.4, -0.2) is 18.6 Å². The van der Waals surface area contributed by atoms with E-state index in [0.29, 0.717) is 10.3 Å². The van der Waals surface area contributed by atoms with E-state index >= 15 is 0 Å². The summed E-state index contributed by atoms with van der Waals surface area (Å²) in [4.78, 5) is 11.3. The highest BCUT2D eigenvalue weighted by Crippen LogP contribution is 2.10. The number of carbonyl (C=O) groups is 1. The molecule has 0 saturated heterocycles. The lowest BCUT2D eigenvalue weighted by atomic mass is 9.95. The molecular weight excluding hydrogens is 196 g/mol. The Kier molecular flexibility index (Phi) is 2.82. The first kappa shape index (κ1) is 9.92. The third-order valence-corrected chi connectivity index (χ3v) is 2.02. The number of hydrogen-bond donors (Lipinski definition) is 1. The van der Waals surface area contributed by atoms with E-state index in [9.17, 15) is 10.0 Å². The summed E-state index contributed by atoms with van der Waals surface area (Å²) >= 11 is 0. The lowest BCUT2D eigenvalue weighted by Gasteiger charge is -2.20. The van der Waals surface area contributed by atoms with Crippen LogP contribution in [0.3, 0.4) is 0 Å². The largest absolute Gasteiger partial charge is 0.619 e. The van der Waals surface area contributed by atoms with Gasteiger partial charge in [0.05, 0.1) is 7.11 Å². The maximum Gasteiger partial charge on any atom is 0.325 e. The molecule has 5 heteroatoms. The molecular formula is C10H14N2O3. The molecule has 0 fully saturated rings. The average molecular weight is 211 g/mol. The summed E-state index contributed by atoms with van der Waals surface area (Å²) in [5.41, 5.74) is 5.26. The normalized spacial score (nSPS) is 15.3. The van der Waals surface area contributed by atoms with Crippen molar-refractivity contribution in [1.82, 2.24) is 0 Å². The number of ether oxygens (including phenoxy) is 1. The topological polar surface area (TPSA) is 79.3 Å². The summed E-state index contributed by atoms with van der Waals surface area (Å²) in [5.74, 6) is -0.530. The number of nitrogens with zero attached hydrogens (tertiary/aromatic N) is 1. The van der Waals surface area contributed by atoms with Crippen LogP contribution in [0.5, 0.6) is 0 Å². The second-order valence-corrected chi connectivity index (χ2v) is 3.58. The molecule has 1 rings (SSSR count). The molecule has 0 spiro atoms. The molecule has 5 nitrogen and oxygen atoms in total. The van der Waals surface area contributed by atoms with Gasteiger partial charge in [0.25, 0.3) is 0 Å². The zero-order valence-corrected chi connectivity index (χ0v) is 8.69. The summed E-state index contributed by atoms with van der Waals surface area (Å²) in [7, 11) is 1.26. The predicted octanol–water partition coefficient (Wildman–Crippen LogP) is -0.247. The highest BCUT2D eigenvalue weighted by molar-refractivity contribution is 5.80. The molecule has 0 aromatic carbocycles. The van der Waals surface area contributed by atoms with Crippen LogP contribution >= 0.6 is 0 Å². The van der Waals surface area contributed by atoms with E-state index in [1.54, 1.807) is 6.92 Å². The van der Waals surface area contributed by atoms with Crippen LogP contribution in [-0.2, 0) is 16.0 Å². The maximum atomic E-state index is 11.3. The van der Waals surface area contributed by atoms with Gasteiger partial charge in [-0.25, -0.2) is 0 Å². The minimum Gasteiger partial charge on any atom is -0.619 e. The second-order valence-electron chi connectivity index (χ2n) is 3.58. The van der Waals surface area contributed by atoms with Gasteiger partial charge < -0.3 is 15.7 Å². The third-order valence-electron chi connectivity index (χ3n) is 2.02. The first-order valence-corrected chi connectivity index (χ1v) is 4.43. The Morgan fingerprint density at radius 2 is 2.47 bits per heavy atom. The van der Waals surface area contributed by atoms with Crippen LogP contribution in [0, 0.1) is 5.21 Å². The molecule has 0 saturated carbocycles. The molecule has 0 amide bonds. The molecule has 0 unspecified atom stereocenters. The molecule has 1 aromatic rings. The molecule has 0 radical (unpaired) electrons. The van der Waals surface area contributed by atoms with Crippen LogP contribution in [0.1, 0.15) is 13.9 Å². The van der Waals surface area contributed by atoms with Gasteiger partial charge in [-0.05, 0) is 12.5 Å². The summed E-state index contributed by atoms with van der Waals surface area (Å²) in [6.45, 7) is 1.54. The average Bonchev–Trinajstić information content (AvgIpc) is 2.22. The molecule has 0 aliphatic rings. The van der Waals surface area contributed by atoms with E-state index in [0.717, 1.165) is 0 Å². The first-order chi connectivity index (χ1) is 7.36. The van der Waals surface area contributed by atoms with E-state index in [1.807, 2.05) is 0 Å². The summed E-state index contributed by atoms with van der Waals surface area (Å²) in [6.07, 6.45) is 1.25. The molecule has 1 aromatic heterocycles. The monoisotopic (exact) mass is 211 g/mol. The smallest absolute Gasteiger partial charge is 0.325 e. The van der Waals surface area contributed by atoms with E-state index in [-0.39, 0.29) is 12.6 Å². The fourth-order valence-electron chi connectivity index (χ4n) is 1.24. The number of hydrogen-bond acceptors (Lipinski definition) is 4. The quantitative estimate of drug-likeness (QED) is 0.425. The van der Waals surface area contributed by atoms with Crippen LogP contribution in [0.2, 0.25) is 0 Å². The molecule has 0 aliphatic heterocycles. The number of methoxy groups -OCH3 is 1. The van der Waals surface area contributed by atoms with Crippen molar-refractivity contribution in [2.75, 3.05) is 7.11 Å². The van der Waals surface area contributed by atoms with Crippen molar-refractivity contribution in [3.05, 3.63) is 35.3 Å². The minimum atomic E-state index is -1.16. The van der Waals surface area contributed by atoms with Gasteiger partial charge in [0.2, 0.25) is 0 Å². The van der Waals surface area contributed by atoms with E-state index in [4.69, 9.17) is 7.10 Å². The summed E-state index contributed by atoms with van der Waals surface area (Å²) in [5, 5.41) is 10.9. The third kappa shape index (κ3) is 2.92. The molecule has 82 valence electrons. The lowest BCUT2D eigenvalue weighted by molar-refractivity contribution is -0.605. The Hall–Kier alpha value is -1.62. The maximum absolute atomic E-state index is 11.3. The fraction of sp³-hybridized carbons (Fsp3) is 0.400. The van der Waals surface area contributed by atoms with Crippen molar-refractivity contribution >= 4 is 5.97 Å². The van der Waals surface area contributed by atoms with Gasteiger partial charge in [0.1, 0.15) is 6.91 Å². The van der Waals surface area contributed by atoms with Gasteiger partial charge in [-0.2, -0.15) is 4.73 Å². The Labute approximate surface area is 89.5 Å². The van der Waals surface area contributed by atoms with Crippen molar-refractivity contribution in [1.29, 1.82) is 0 Å². The van der Waals surface area contributed by atoms with Crippen molar-refractivity contribution < 1.29 is 15.6 Å². The van der Waals surface area contributed by atoms with E-state index < -0.39 is 11.5 Å². The number of rotatable bonds is 3. The highest BCUT2D eigenvalue weighted by Gasteiger charge is 2.29. The highest BCUT2D eigenvalue weighted by atomic mass is 16.5. The van der Waals surface area contributed by atoms with Crippen LogP contribution in [0.25, 0.3) is 0 Å². The van der Waals surface area contributed by atoms with Crippen molar-refractivity contribution in [3.63, 3.8) is 0 Å². The second kappa shape index (κ2) is 4.27. The number of carbonyl (C=O) groups excluding carboxylic acids is 1. The zero-order chi connectivity index (χ0) is 12.3. The minimum absolute atomic E-state index is 0.182. The van der Waals surface area contributed by atoms with Gasteiger partial charge >= 0.3 is 5.97 Å². The van der Waals surface area contributed by atoms with Gasteiger partial charge in [-0.3, -0.25) is 4.79 Å². The first-order valence-electron chi connectivity index (χ1n) is 4.93. The van der Waals surface area contributed by atoms with E-state index in [1.165, 1.54) is 25.4 Å². The van der Waals surface area contributed by atoms with Gasteiger partial charge in [0, 0.05) is 18.6 Å². The Morgan fingerprint density at radius 1 is 1.80 bits per heavy atom. The number of nitrogens with two attached hydrogens (primary N) is 1. The van der Waals surface area contributed by atoms with Crippen LogP contribution in [0.4, 0.5) is 0 Å². The summed E-state index contributed by atoms with van der Waals surface area (Å²) in [6, 6.07) is 2.90. The van der Waals surface area contributed by atoms with Crippen molar-refractivity contribution in [2.24, 2.45) is 5.73 Å². The predicted molar refractivity (Wildman–Crippen MR) is 53.7 cm³/mol. The lowest BCUT2D eigenvalue weighted by Crippen LogP contribution is -2.47. The standard InChI is InChI=1S/C10H14N2O3/c1-10(11,9(13)15-2)7-8-3-5-12(14)6-4-8/h3-6H,7,11H2,1-2H3/t10-/m0/s1/i5D. The molecule has 2 N–H and O–H groups in total. The fourth-order valence-corrected chi connectivity index (χ4v) is 1.24. The van der Waals surface area contributed by atoms with Crippen molar-refractivity contribution in [2.45, 2.75) is 18.9 Å². The Bertz CT molecular complexity index is 407. The zero-order valence-electron chi connectivity index (χ0n) is 9.69. The molecule has 0 aliphatic carbocycles. The Balaban J connectivity index is 2.88. The van der Waals surface area contributed by atoms with Gasteiger partial charge in [-0.15, -0.1) is 0 Å². The Morgan fingerprint density at radius 3 is 3.00 bits per heavy atom. The van der Waals surface area contributed by atoms with Gasteiger partial charge in [-0.1, -0.05) is 0 Å². The number of aromatic nitrogens is 1. The summed E-state index contributed by atoms with van der Waals surface area (Å²) < 4.78 is 12.3. The van der Waals surface area contributed by atoms with Crippen LogP contribution in [0.15, 0.2) is 24.5 Å². The molecule has 0 bridgehead atoms. The number of pyridine rings is 1.